The Hall–Kier alpha value is -1.74. The third-order valence-corrected chi connectivity index (χ3v) is 4.30. The molecule has 2 aromatic rings. The van der Waals surface area contributed by atoms with Gasteiger partial charge in [0.15, 0.2) is 0 Å². The summed E-state index contributed by atoms with van der Waals surface area (Å²) in [5.74, 6) is 0.812. The zero-order chi connectivity index (χ0) is 14.5. The van der Waals surface area contributed by atoms with Crippen molar-refractivity contribution in [3.8, 4) is 0 Å². The largest absolute Gasteiger partial charge is 0.297 e. The number of aryl methyl sites for hydroxylation is 1. The molecule has 0 atom stereocenters. The van der Waals surface area contributed by atoms with E-state index < -0.39 is 0 Å². The Kier molecular flexibility index (Phi) is 4.61. The summed E-state index contributed by atoms with van der Waals surface area (Å²) in [7, 11) is 0. The number of nitrogens with zero attached hydrogens (tertiary/aromatic N) is 3. The average Bonchev–Trinajstić information content (AvgIpc) is 2.50. The van der Waals surface area contributed by atoms with Gasteiger partial charge in [0.05, 0.1) is 5.69 Å². The molecule has 3 heterocycles. The number of pyridine rings is 2. The quantitative estimate of drug-likeness (QED) is 0.861. The Balaban J connectivity index is 1.49. The van der Waals surface area contributed by atoms with Crippen LogP contribution in [0.4, 0.5) is 0 Å². The molecule has 0 unspecified atom stereocenters. The van der Waals surface area contributed by atoms with Crippen LogP contribution >= 0.6 is 0 Å². The lowest BCUT2D eigenvalue weighted by molar-refractivity contribution is 0.175. The number of rotatable bonds is 4. The van der Waals surface area contributed by atoms with Crippen molar-refractivity contribution in [2.45, 2.75) is 32.7 Å². The molecule has 0 saturated carbocycles. The summed E-state index contributed by atoms with van der Waals surface area (Å²) in [6, 6.07) is 10.5. The van der Waals surface area contributed by atoms with E-state index in [0.29, 0.717) is 0 Å². The molecule has 0 radical (unpaired) electrons. The Morgan fingerprint density at radius 3 is 2.67 bits per heavy atom. The molecule has 1 fully saturated rings. The molecule has 1 aliphatic heterocycles. The maximum Gasteiger partial charge on any atom is 0.0543 e. The summed E-state index contributed by atoms with van der Waals surface area (Å²) in [6.45, 7) is 5.43. The highest BCUT2D eigenvalue weighted by atomic mass is 15.1. The van der Waals surface area contributed by atoms with Crippen molar-refractivity contribution >= 4 is 0 Å². The van der Waals surface area contributed by atoms with E-state index in [1.165, 1.54) is 43.6 Å². The number of aromatic nitrogens is 2. The standard InChI is InChI=1S/C18H23N3/c1-15-12-17(5-9-19-15)13-16-6-10-21(11-7-16)14-18-4-2-3-8-20-18/h2-5,8-9,12,16H,6-7,10-11,13-14H2,1H3. The van der Waals surface area contributed by atoms with Crippen LogP contribution in [0.25, 0.3) is 0 Å². The van der Waals surface area contributed by atoms with Crippen molar-refractivity contribution in [3.63, 3.8) is 0 Å². The highest BCUT2D eigenvalue weighted by Gasteiger charge is 2.19. The summed E-state index contributed by atoms with van der Waals surface area (Å²) in [4.78, 5) is 11.2. The van der Waals surface area contributed by atoms with Gasteiger partial charge >= 0.3 is 0 Å². The molecule has 0 aromatic carbocycles. The van der Waals surface area contributed by atoms with Crippen LogP contribution in [0.2, 0.25) is 0 Å². The molecule has 1 aliphatic rings. The molecule has 0 amide bonds. The summed E-state index contributed by atoms with van der Waals surface area (Å²) < 4.78 is 0. The van der Waals surface area contributed by atoms with Gasteiger partial charge in [-0.25, -0.2) is 0 Å². The minimum absolute atomic E-state index is 0.812. The van der Waals surface area contributed by atoms with Crippen LogP contribution in [-0.2, 0) is 13.0 Å². The first-order valence-corrected chi connectivity index (χ1v) is 7.83. The van der Waals surface area contributed by atoms with E-state index >= 15 is 0 Å². The van der Waals surface area contributed by atoms with Gasteiger partial charge in [-0.15, -0.1) is 0 Å². The number of hydrogen-bond donors (Lipinski definition) is 0. The van der Waals surface area contributed by atoms with Gasteiger partial charge in [0.1, 0.15) is 0 Å². The van der Waals surface area contributed by atoms with E-state index in [2.05, 4.69) is 46.1 Å². The molecule has 3 heteroatoms. The Labute approximate surface area is 127 Å². The molecule has 21 heavy (non-hydrogen) atoms. The molecular formula is C18H23N3. The summed E-state index contributed by atoms with van der Waals surface area (Å²) >= 11 is 0. The zero-order valence-electron chi connectivity index (χ0n) is 12.7. The van der Waals surface area contributed by atoms with Gasteiger partial charge in [-0.3, -0.25) is 14.9 Å². The van der Waals surface area contributed by atoms with Gasteiger partial charge in [0.25, 0.3) is 0 Å². The monoisotopic (exact) mass is 281 g/mol. The van der Waals surface area contributed by atoms with E-state index in [4.69, 9.17) is 0 Å². The van der Waals surface area contributed by atoms with Crippen LogP contribution in [-0.4, -0.2) is 28.0 Å². The lowest BCUT2D eigenvalue weighted by Crippen LogP contribution is -2.34. The third-order valence-electron chi connectivity index (χ3n) is 4.30. The molecule has 0 bridgehead atoms. The topological polar surface area (TPSA) is 29.0 Å². The average molecular weight is 281 g/mol. The van der Waals surface area contributed by atoms with E-state index in [-0.39, 0.29) is 0 Å². The predicted molar refractivity (Wildman–Crippen MR) is 84.9 cm³/mol. The smallest absolute Gasteiger partial charge is 0.0543 e. The highest BCUT2D eigenvalue weighted by Crippen LogP contribution is 2.22. The number of hydrogen-bond acceptors (Lipinski definition) is 3. The lowest BCUT2D eigenvalue weighted by Gasteiger charge is -2.31. The van der Waals surface area contributed by atoms with Gasteiger partial charge in [0, 0.05) is 24.6 Å². The molecule has 0 N–H and O–H groups in total. The fraction of sp³-hybridized carbons (Fsp3) is 0.444. The molecule has 2 aromatic heterocycles. The van der Waals surface area contributed by atoms with Crippen molar-refractivity contribution in [1.29, 1.82) is 0 Å². The van der Waals surface area contributed by atoms with E-state index in [9.17, 15) is 0 Å². The minimum Gasteiger partial charge on any atom is -0.297 e. The van der Waals surface area contributed by atoms with Crippen LogP contribution in [0.3, 0.4) is 0 Å². The first-order valence-electron chi connectivity index (χ1n) is 7.83. The summed E-state index contributed by atoms with van der Waals surface area (Å²) in [6.07, 6.45) is 7.58. The Morgan fingerprint density at radius 2 is 1.95 bits per heavy atom. The minimum atomic E-state index is 0.812. The molecule has 3 rings (SSSR count). The second-order valence-corrected chi connectivity index (χ2v) is 6.05. The third kappa shape index (κ3) is 4.11. The van der Waals surface area contributed by atoms with E-state index in [1.807, 2.05) is 18.5 Å². The van der Waals surface area contributed by atoms with Gasteiger partial charge in [-0.2, -0.15) is 0 Å². The second-order valence-electron chi connectivity index (χ2n) is 6.05. The Morgan fingerprint density at radius 1 is 1.10 bits per heavy atom. The maximum absolute atomic E-state index is 4.42. The molecular weight excluding hydrogens is 258 g/mol. The Bertz CT molecular complexity index is 560. The highest BCUT2D eigenvalue weighted by molar-refractivity contribution is 5.16. The van der Waals surface area contributed by atoms with Crippen LogP contribution in [0.1, 0.15) is 29.8 Å². The van der Waals surface area contributed by atoms with Crippen molar-refractivity contribution in [1.82, 2.24) is 14.9 Å². The van der Waals surface area contributed by atoms with Gasteiger partial charge < -0.3 is 0 Å². The zero-order valence-corrected chi connectivity index (χ0v) is 12.7. The van der Waals surface area contributed by atoms with E-state index in [1.54, 1.807) is 0 Å². The fourth-order valence-electron chi connectivity index (χ4n) is 3.13. The van der Waals surface area contributed by atoms with Crippen LogP contribution in [0, 0.1) is 12.8 Å². The van der Waals surface area contributed by atoms with Gasteiger partial charge in [-0.05, 0) is 75.0 Å². The fourth-order valence-corrected chi connectivity index (χ4v) is 3.13. The van der Waals surface area contributed by atoms with E-state index in [0.717, 1.165) is 18.2 Å². The first kappa shape index (κ1) is 14.2. The molecule has 110 valence electrons. The number of likely N-dealkylation sites (tertiary alicyclic amines) is 1. The lowest BCUT2D eigenvalue weighted by atomic mass is 9.90. The normalized spacial score (nSPS) is 17.0. The summed E-state index contributed by atoms with van der Waals surface area (Å²) in [5, 5.41) is 0. The summed E-state index contributed by atoms with van der Waals surface area (Å²) in [5.41, 5.74) is 3.74. The maximum atomic E-state index is 4.42. The van der Waals surface area contributed by atoms with Crippen LogP contribution < -0.4 is 0 Å². The molecule has 3 nitrogen and oxygen atoms in total. The van der Waals surface area contributed by atoms with Crippen molar-refractivity contribution in [2.24, 2.45) is 5.92 Å². The SMILES string of the molecule is Cc1cc(CC2CCN(Cc3ccccn3)CC2)ccn1. The van der Waals surface area contributed by atoms with Crippen molar-refractivity contribution in [2.75, 3.05) is 13.1 Å². The van der Waals surface area contributed by atoms with Gasteiger partial charge in [0.2, 0.25) is 0 Å². The van der Waals surface area contributed by atoms with Crippen molar-refractivity contribution in [3.05, 3.63) is 59.7 Å². The molecule has 1 saturated heterocycles. The first-order chi connectivity index (χ1) is 10.3. The van der Waals surface area contributed by atoms with Crippen LogP contribution in [0.5, 0.6) is 0 Å². The molecule has 0 spiro atoms. The molecule has 0 aliphatic carbocycles. The second kappa shape index (κ2) is 6.81. The van der Waals surface area contributed by atoms with Gasteiger partial charge in [-0.1, -0.05) is 6.07 Å². The predicted octanol–water partition coefficient (Wildman–Crippen LogP) is 3.24. The van der Waals surface area contributed by atoms with Crippen molar-refractivity contribution < 1.29 is 0 Å². The number of piperidine rings is 1. The van der Waals surface area contributed by atoms with Crippen LogP contribution in [0.15, 0.2) is 42.7 Å².